The summed E-state index contributed by atoms with van der Waals surface area (Å²) < 4.78 is 0. The van der Waals surface area contributed by atoms with Gasteiger partial charge in [0.1, 0.15) is 17.5 Å². The van der Waals surface area contributed by atoms with E-state index in [9.17, 15) is 0 Å². The first kappa shape index (κ1) is 13.4. The summed E-state index contributed by atoms with van der Waals surface area (Å²) in [5.74, 6) is 2.30. The van der Waals surface area contributed by atoms with Gasteiger partial charge in [0.05, 0.1) is 5.69 Å². The Balaban J connectivity index is 2.03. The summed E-state index contributed by atoms with van der Waals surface area (Å²) in [6.45, 7) is 2.88. The molecule has 0 aromatic carbocycles. The molecule has 0 spiro atoms. The van der Waals surface area contributed by atoms with Gasteiger partial charge in [-0.15, -0.1) is 0 Å². The van der Waals surface area contributed by atoms with Gasteiger partial charge in [-0.2, -0.15) is 0 Å². The van der Waals surface area contributed by atoms with E-state index in [1.54, 1.807) is 0 Å². The number of hydrogen-bond donors (Lipinski definition) is 3. The number of thioether (sulfide) groups is 1. The summed E-state index contributed by atoms with van der Waals surface area (Å²) in [4.78, 5) is 12.7. The van der Waals surface area contributed by atoms with E-state index >= 15 is 0 Å². The minimum atomic E-state index is 0.379. The standard InChI is InChI=1S/C12H16N6S/c1-2-15-11-5-3-4-8(16-11)7-19-12-17-9(13)6-10(14)18-12/h3-6H,2,7H2,1H3,(H,15,16)(H4,13,14,17,18). The third kappa shape index (κ3) is 3.99. The molecule has 0 atom stereocenters. The largest absolute Gasteiger partial charge is 0.383 e. The SMILES string of the molecule is CCNc1cccc(CSc2nc(N)cc(N)n2)n1. The van der Waals surface area contributed by atoms with E-state index in [2.05, 4.69) is 20.3 Å². The maximum absolute atomic E-state index is 5.62. The van der Waals surface area contributed by atoms with Crippen LogP contribution >= 0.6 is 11.8 Å². The molecule has 0 radical (unpaired) electrons. The minimum Gasteiger partial charge on any atom is -0.383 e. The predicted octanol–water partition coefficient (Wildman–Crippen LogP) is 1.76. The first-order valence-electron chi connectivity index (χ1n) is 5.90. The summed E-state index contributed by atoms with van der Waals surface area (Å²) >= 11 is 1.46. The van der Waals surface area contributed by atoms with Gasteiger partial charge in [-0.3, -0.25) is 0 Å². The average Bonchev–Trinajstić information content (AvgIpc) is 2.36. The lowest BCUT2D eigenvalue weighted by Gasteiger charge is -2.05. The molecule has 5 N–H and O–H groups in total. The van der Waals surface area contributed by atoms with Crippen LogP contribution in [0.2, 0.25) is 0 Å². The number of hydrogen-bond acceptors (Lipinski definition) is 7. The average molecular weight is 276 g/mol. The molecule has 19 heavy (non-hydrogen) atoms. The molecule has 2 rings (SSSR count). The van der Waals surface area contributed by atoms with Crippen molar-refractivity contribution >= 4 is 29.2 Å². The van der Waals surface area contributed by atoms with Crippen molar-refractivity contribution in [3.05, 3.63) is 30.0 Å². The second-order valence-electron chi connectivity index (χ2n) is 3.83. The molecule has 0 amide bonds. The van der Waals surface area contributed by atoms with Crippen LogP contribution in [0.25, 0.3) is 0 Å². The minimum absolute atomic E-state index is 0.379. The van der Waals surface area contributed by atoms with Crippen LogP contribution < -0.4 is 16.8 Å². The third-order valence-electron chi connectivity index (χ3n) is 2.26. The van der Waals surface area contributed by atoms with E-state index in [4.69, 9.17) is 11.5 Å². The zero-order valence-corrected chi connectivity index (χ0v) is 11.4. The molecule has 2 aromatic heterocycles. The quantitative estimate of drug-likeness (QED) is 0.564. The summed E-state index contributed by atoms with van der Waals surface area (Å²) in [7, 11) is 0. The zero-order chi connectivity index (χ0) is 13.7. The third-order valence-corrected chi connectivity index (χ3v) is 3.14. The second-order valence-corrected chi connectivity index (χ2v) is 4.78. The maximum Gasteiger partial charge on any atom is 0.191 e. The predicted molar refractivity (Wildman–Crippen MR) is 78.8 cm³/mol. The van der Waals surface area contributed by atoms with Crippen molar-refractivity contribution < 1.29 is 0 Å². The Labute approximate surface area is 116 Å². The molecule has 0 aliphatic carbocycles. The molecule has 0 bridgehead atoms. The Morgan fingerprint density at radius 3 is 2.58 bits per heavy atom. The van der Waals surface area contributed by atoms with Crippen LogP contribution in [-0.4, -0.2) is 21.5 Å². The molecule has 0 saturated heterocycles. The van der Waals surface area contributed by atoms with Gasteiger partial charge >= 0.3 is 0 Å². The Morgan fingerprint density at radius 1 is 1.16 bits per heavy atom. The number of pyridine rings is 1. The second kappa shape index (κ2) is 6.24. The summed E-state index contributed by atoms with van der Waals surface area (Å²) in [5, 5.41) is 3.74. The molecule has 100 valence electrons. The van der Waals surface area contributed by atoms with Crippen molar-refractivity contribution in [2.24, 2.45) is 0 Å². The number of nitrogens with zero attached hydrogens (tertiary/aromatic N) is 3. The highest BCUT2D eigenvalue weighted by Crippen LogP contribution is 2.20. The van der Waals surface area contributed by atoms with Crippen LogP contribution in [0.4, 0.5) is 17.5 Å². The van der Waals surface area contributed by atoms with E-state index in [0.717, 1.165) is 18.1 Å². The van der Waals surface area contributed by atoms with Crippen molar-refractivity contribution in [1.29, 1.82) is 0 Å². The maximum atomic E-state index is 5.62. The lowest BCUT2D eigenvalue weighted by molar-refractivity contribution is 0.981. The van der Waals surface area contributed by atoms with Crippen LogP contribution in [0.5, 0.6) is 0 Å². The smallest absolute Gasteiger partial charge is 0.191 e. The molecule has 0 aliphatic rings. The normalized spacial score (nSPS) is 10.4. The molecule has 6 nitrogen and oxygen atoms in total. The van der Waals surface area contributed by atoms with E-state index in [-0.39, 0.29) is 0 Å². The molecule has 0 unspecified atom stereocenters. The number of aromatic nitrogens is 3. The number of nitrogens with one attached hydrogen (secondary N) is 1. The fraction of sp³-hybridized carbons (Fsp3) is 0.250. The van der Waals surface area contributed by atoms with Crippen molar-refractivity contribution in [3.63, 3.8) is 0 Å². The van der Waals surface area contributed by atoms with Crippen molar-refractivity contribution in [3.8, 4) is 0 Å². The van der Waals surface area contributed by atoms with Crippen molar-refractivity contribution in [1.82, 2.24) is 15.0 Å². The Kier molecular flexibility index (Phi) is 4.40. The fourth-order valence-corrected chi connectivity index (χ4v) is 2.28. The van der Waals surface area contributed by atoms with Crippen LogP contribution in [0.15, 0.2) is 29.4 Å². The van der Waals surface area contributed by atoms with Gasteiger partial charge in [0.2, 0.25) is 0 Å². The van der Waals surface area contributed by atoms with Crippen LogP contribution in [0.1, 0.15) is 12.6 Å². The van der Waals surface area contributed by atoms with Crippen molar-refractivity contribution in [2.45, 2.75) is 17.8 Å². The van der Waals surface area contributed by atoms with Gasteiger partial charge in [0.25, 0.3) is 0 Å². The van der Waals surface area contributed by atoms with Crippen LogP contribution in [0.3, 0.4) is 0 Å². The summed E-state index contributed by atoms with van der Waals surface area (Å²) in [5.41, 5.74) is 12.2. The Morgan fingerprint density at radius 2 is 1.89 bits per heavy atom. The van der Waals surface area contributed by atoms with Crippen molar-refractivity contribution in [2.75, 3.05) is 23.3 Å². The summed E-state index contributed by atoms with van der Waals surface area (Å²) in [6, 6.07) is 7.40. The topological polar surface area (TPSA) is 103 Å². The monoisotopic (exact) mass is 276 g/mol. The first-order valence-corrected chi connectivity index (χ1v) is 6.88. The number of rotatable bonds is 5. The molecule has 0 saturated carbocycles. The molecular weight excluding hydrogens is 260 g/mol. The molecule has 0 aliphatic heterocycles. The molecule has 2 heterocycles. The van der Waals surface area contributed by atoms with E-state index in [1.807, 2.05) is 25.1 Å². The first-order chi connectivity index (χ1) is 9.17. The zero-order valence-electron chi connectivity index (χ0n) is 10.6. The highest BCUT2D eigenvalue weighted by Gasteiger charge is 2.03. The molecule has 2 aromatic rings. The van der Waals surface area contributed by atoms with E-state index in [0.29, 0.717) is 22.5 Å². The van der Waals surface area contributed by atoms with Gasteiger partial charge in [0.15, 0.2) is 5.16 Å². The van der Waals surface area contributed by atoms with E-state index in [1.165, 1.54) is 17.8 Å². The van der Waals surface area contributed by atoms with E-state index < -0.39 is 0 Å². The van der Waals surface area contributed by atoms with Gasteiger partial charge in [0, 0.05) is 18.4 Å². The van der Waals surface area contributed by atoms with Gasteiger partial charge in [-0.25, -0.2) is 15.0 Å². The van der Waals surface area contributed by atoms with Gasteiger partial charge in [-0.05, 0) is 19.1 Å². The highest BCUT2D eigenvalue weighted by atomic mass is 32.2. The fourth-order valence-electron chi connectivity index (χ4n) is 1.50. The lowest BCUT2D eigenvalue weighted by Crippen LogP contribution is -2.01. The molecule has 7 heteroatoms. The highest BCUT2D eigenvalue weighted by molar-refractivity contribution is 7.98. The van der Waals surface area contributed by atoms with Crippen LogP contribution in [-0.2, 0) is 5.75 Å². The Hall–Kier alpha value is -2.02. The number of anilines is 3. The van der Waals surface area contributed by atoms with Gasteiger partial charge < -0.3 is 16.8 Å². The Bertz CT molecular complexity index is 539. The lowest BCUT2D eigenvalue weighted by atomic mass is 10.4. The number of nitrogens with two attached hydrogens (primary N) is 2. The molecule has 0 fully saturated rings. The summed E-state index contributed by atoms with van der Waals surface area (Å²) in [6.07, 6.45) is 0. The van der Waals surface area contributed by atoms with Gasteiger partial charge in [-0.1, -0.05) is 17.8 Å². The van der Waals surface area contributed by atoms with Crippen LogP contribution in [0, 0.1) is 0 Å². The molecular formula is C12H16N6S. The number of nitrogen functional groups attached to an aromatic ring is 2.